The first-order chi connectivity index (χ1) is 19.2. The minimum Gasteiger partial charge on any atom is -0.444 e. The molecule has 224 valence electrons. The van der Waals surface area contributed by atoms with Crippen molar-refractivity contribution in [1.82, 2.24) is 10.2 Å². The van der Waals surface area contributed by atoms with Crippen molar-refractivity contribution in [2.24, 2.45) is 5.73 Å². The molecule has 9 nitrogen and oxygen atoms in total. The van der Waals surface area contributed by atoms with Gasteiger partial charge in [0, 0.05) is 12.2 Å². The van der Waals surface area contributed by atoms with Gasteiger partial charge in [0.1, 0.15) is 17.7 Å². The molecule has 0 aliphatic heterocycles. The maximum absolute atomic E-state index is 14.2. The molecule has 0 aliphatic rings. The van der Waals surface area contributed by atoms with Crippen LogP contribution in [0.3, 0.4) is 0 Å². The summed E-state index contributed by atoms with van der Waals surface area (Å²) in [6.07, 6.45) is 2.14. The third-order valence-electron chi connectivity index (χ3n) is 6.74. The van der Waals surface area contributed by atoms with Crippen LogP contribution in [0.4, 0.5) is 10.5 Å². The lowest BCUT2D eigenvalue weighted by atomic mass is 9.97. The van der Waals surface area contributed by atoms with Crippen LogP contribution in [-0.2, 0) is 19.1 Å². The smallest absolute Gasteiger partial charge is 0.408 e. The van der Waals surface area contributed by atoms with Crippen molar-refractivity contribution in [2.45, 2.75) is 98.3 Å². The molecular weight excluding hydrogens is 520 g/mol. The standard InChI is InChI=1S/C32H46N4O5/c1-8-9-10-13-18-36(30(39)26(20-27(33)37)35-31(40)41-32(5,6)7)28(24-17-16-21(2)23(4)19-24)29(38)34-25-15-12-11-14-22(25)3/h11-12,14-17,19,26,28H,8-10,13,18,20H2,1-7H3,(H2,33,37)(H,34,38)(H,35,40). The van der Waals surface area contributed by atoms with E-state index in [0.717, 1.165) is 36.0 Å². The van der Waals surface area contributed by atoms with Crippen LogP contribution in [0.2, 0.25) is 0 Å². The number of nitrogens with one attached hydrogen (secondary N) is 2. The number of alkyl carbamates (subject to hydrolysis) is 1. The SMILES string of the molecule is CCCCCCN(C(=O)C(CC(N)=O)NC(=O)OC(C)(C)C)C(C(=O)Nc1ccccc1C)c1ccc(C)c(C)c1. The molecule has 4 N–H and O–H groups in total. The normalized spacial score (nSPS) is 12.7. The number of amides is 4. The predicted octanol–water partition coefficient (Wildman–Crippen LogP) is 5.47. The Morgan fingerprint density at radius 3 is 2.20 bits per heavy atom. The number of nitrogens with two attached hydrogens (primary N) is 1. The van der Waals surface area contributed by atoms with Gasteiger partial charge >= 0.3 is 6.09 Å². The summed E-state index contributed by atoms with van der Waals surface area (Å²) < 4.78 is 5.35. The van der Waals surface area contributed by atoms with Gasteiger partial charge in [0.2, 0.25) is 11.8 Å². The predicted molar refractivity (Wildman–Crippen MR) is 161 cm³/mol. The van der Waals surface area contributed by atoms with Crippen LogP contribution in [0.1, 0.15) is 88.1 Å². The van der Waals surface area contributed by atoms with Gasteiger partial charge in [-0.15, -0.1) is 0 Å². The van der Waals surface area contributed by atoms with Crippen LogP contribution in [0, 0.1) is 20.8 Å². The number of benzene rings is 2. The highest BCUT2D eigenvalue weighted by molar-refractivity contribution is 6.00. The molecule has 0 bridgehead atoms. The number of hydrogen-bond acceptors (Lipinski definition) is 5. The lowest BCUT2D eigenvalue weighted by Gasteiger charge is -2.34. The molecule has 0 aliphatic carbocycles. The Balaban J connectivity index is 2.59. The number of aryl methyl sites for hydroxylation is 3. The molecule has 0 spiro atoms. The number of hydrogen-bond donors (Lipinski definition) is 3. The van der Waals surface area contributed by atoms with Crippen LogP contribution >= 0.6 is 0 Å². The topological polar surface area (TPSA) is 131 Å². The lowest BCUT2D eigenvalue weighted by molar-refractivity contribution is -0.142. The summed E-state index contributed by atoms with van der Waals surface area (Å²) in [7, 11) is 0. The number of para-hydroxylation sites is 1. The first kappa shape index (κ1) is 33.3. The highest BCUT2D eigenvalue weighted by atomic mass is 16.6. The average molecular weight is 567 g/mol. The highest BCUT2D eigenvalue weighted by Gasteiger charge is 2.37. The van der Waals surface area contributed by atoms with Crippen molar-refractivity contribution in [3.05, 3.63) is 64.7 Å². The van der Waals surface area contributed by atoms with Crippen LogP contribution in [0.5, 0.6) is 0 Å². The Hall–Kier alpha value is -3.88. The van der Waals surface area contributed by atoms with Gasteiger partial charge in [-0.1, -0.05) is 62.6 Å². The number of unbranched alkanes of at least 4 members (excludes halogenated alkanes) is 3. The number of carbonyl (C=O) groups excluding carboxylic acids is 4. The summed E-state index contributed by atoms with van der Waals surface area (Å²) in [5, 5.41) is 5.52. The maximum atomic E-state index is 14.2. The second-order valence-electron chi connectivity index (χ2n) is 11.5. The number of ether oxygens (including phenoxy) is 1. The molecule has 2 aromatic rings. The molecule has 0 saturated carbocycles. The van der Waals surface area contributed by atoms with E-state index in [2.05, 4.69) is 17.6 Å². The van der Waals surface area contributed by atoms with Crippen LogP contribution in [-0.4, -0.2) is 46.9 Å². The second kappa shape index (κ2) is 15.2. The van der Waals surface area contributed by atoms with Gasteiger partial charge in [0.15, 0.2) is 0 Å². The molecule has 0 radical (unpaired) electrons. The third-order valence-corrected chi connectivity index (χ3v) is 6.74. The monoisotopic (exact) mass is 566 g/mol. The molecular formula is C32H46N4O5. The van der Waals surface area contributed by atoms with E-state index in [1.165, 1.54) is 4.90 Å². The van der Waals surface area contributed by atoms with E-state index in [1.807, 2.05) is 57.2 Å². The van der Waals surface area contributed by atoms with Crippen molar-refractivity contribution in [2.75, 3.05) is 11.9 Å². The number of anilines is 1. The number of rotatable bonds is 13. The zero-order chi connectivity index (χ0) is 30.7. The number of primary amides is 1. The maximum Gasteiger partial charge on any atom is 0.408 e. The van der Waals surface area contributed by atoms with E-state index in [1.54, 1.807) is 26.8 Å². The van der Waals surface area contributed by atoms with Crippen molar-refractivity contribution >= 4 is 29.5 Å². The van der Waals surface area contributed by atoms with Gasteiger partial charge in [-0.05, 0) is 76.3 Å². The molecule has 2 rings (SSSR count). The van der Waals surface area contributed by atoms with E-state index in [4.69, 9.17) is 10.5 Å². The molecule has 0 heterocycles. The van der Waals surface area contributed by atoms with E-state index < -0.39 is 47.9 Å². The molecule has 0 fully saturated rings. The van der Waals surface area contributed by atoms with E-state index in [9.17, 15) is 19.2 Å². The first-order valence-corrected chi connectivity index (χ1v) is 14.3. The molecule has 0 aromatic heterocycles. The minimum atomic E-state index is -1.31. The highest BCUT2D eigenvalue weighted by Crippen LogP contribution is 2.28. The van der Waals surface area contributed by atoms with Crippen molar-refractivity contribution in [3.63, 3.8) is 0 Å². The Kier molecular flexibility index (Phi) is 12.4. The minimum absolute atomic E-state index is 0.239. The van der Waals surface area contributed by atoms with E-state index >= 15 is 0 Å². The summed E-state index contributed by atoms with van der Waals surface area (Å²) in [6, 6.07) is 10.7. The molecule has 2 unspecified atom stereocenters. The molecule has 4 amide bonds. The fourth-order valence-electron chi connectivity index (χ4n) is 4.45. The zero-order valence-electron chi connectivity index (χ0n) is 25.5. The number of carbonyl (C=O) groups is 4. The largest absolute Gasteiger partial charge is 0.444 e. The van der Waals surface area contributed by atoms with Gasteiger partial charge in [0.25, 0.3) is 5.91 Å². The Morgan fingerprint density at radius 1 is 0.927 bits per heavy atom. The Morgan fingerprint density at radius 2 is 1.61 bits per heavy atom. The molecule has 9 heteroatoms. The molecule has 2 aromatic carbocycles. The van der Waals surface area contributed by atoms with Crippen LogP contribution in [0.25, 0.3) is 0 Å². The van der Waals surface area contributed by atoms with E-state index in [-0.39, 0.29) is 6.54 Å². The summed E-state index contributed by atoms with van der Waals surface area (Å²) in [6.45, 7) is 13.2. The van der Waals surface area contributed by atoms with Crippen molar-refractivity contribution < 1.29 is 23.9 Å². The summed E-state index contributed by atoms with van der Waals surface area (Å²) >= 11 is 0. The number of nitrogens with zero attached hydrogens (tertiary/aromatic N) is 1. The van der Waals surface area contributed by atoms with Gasteiger partial charge in [-0.2, -0.15) is 0 Å². The third kappa shape index (κ3) is 10.6. The average Bonchev–Trinajstić information content (AvgIpc) is 2.87. The quantitative estimate of drug-likeness (QED) is 0.277. The second-order valence-corrected chi connectivity index (χ2v) is 11.5. The summed E-state index contributed by atoms with van der Waals surface area (Å²) in [4.78, 5) is 54.4. The fourth-order valence-corrected chi connectivity index (χ4v) is 4.45. The van der Waals surface area contributed by atoms with E-state index in [0.29, 0.717) is 17.7 Å². The summed E-state index contributed by atoms with van der Waals surface area (Å²) in [5.74, 6) is -1.76. The van der Waals surface area contributed by atoms with Crippen LogP contribution < -0.4 is 16.4 Å². The summed E-state index contributed by atoms with van der Waals surface area (Å²) in [5.41, 5.74) is 8.82. The van der Waals surface area contributed by atoms with Crippen LogP contribution in [0.15, 0.2) is 42.5 Å². The molecule has 2 atom stereocenters. The first-order valence-electron chi connectivity index (χ1n) is 14.3. The molecule has 41 heavy (non-hydrogen) atoms. The van der Waals surface area contributed by atoms with Crippen molar-refractivity contribution in [1.29, 1.82) is 0 Å². The lowest BCUT2D eigenvalue weighted by Crippen LogP contribution is -2.53. The van der Waals surface area contributed by atoms with Gasteiger partial charge in [-0.25, -0.2) is 4.79 Å². The Bertz CT molecular complexity index is 1220. The van der Waals surface area contributed by atoms with Gasteiger partial charge < -0.3 is 26.0 Å². The fraction of sp³-hybridized carbons (Fsp3) is 0.500. The Labute approximate surface area is 244 Å². The van der Waals surface area contributed by atoms with Gasteiger partial charge in [-0.3, -0.25) is 14.4 Å². The zero-order valence-corrected chi connectivity index (χ0v) is 25.5. The van der Waals surface area contributed by atoms with Crippen molar-refractivity contribution in [3.8, 4) is 0 Å². The van der Waals surface area contributed by atoms with Gasteiger partial charge in [0.05, 0.1) is 6.42 Å². The molecule has 0 saturated heterocycles.